The van der Waals surface area contributed by atoms with Crippen molar-refractivity contribution in [3.05, 3.63) is 0 Å². The van der Waals surface area contributed by atoms with Crippen LogP contribution in [-0.4, -0.2) is 28.8 Å². The molecule has 31 heavy (non-hydrogen) atoms. The van der Waals surface area contributed by atoms with Crippen LogP contribution in [0.5, 0.6) is 0 Å². The maximum absolute atomic E-state index is 12.9. The summed E-state index contributed by atoms with van der Waals surface area (Å²) in [4.78, 5) is 12.9. The van der Waals surface area contributed by atoms with Gasteiger partial charge in [0.2, 0.25) is 0 Å². The number of hydrogen-bond acceptors (Lipinski definition) is 4. The average molecular weight is 432 g/mol. The molecule has 10 atom stereocenters. The van der Waals surface area contributed by atoms with Gasteiger partial charge in [0.15, 0.2) is 5.60 Å². The molecule has 1 heterocycles. The van der Waals surface area contributed by atoms with Gasteiger partial charge in [-0.2, -0.15) is 0 Å². The molecule has 0 aromatic rings. The topological polar surface area (TPSA) is 72.5 Å². The molecule has 1 aliphatic heterocycles. The molecule has 0 unspecified atom stereocenters. The molecule has 0 amide bonds. The fraction of sp³-hybridized carbons (Fsp3) is 0.963. The van der Waals surface area contributed by atoms with E-state index in [9.17, 15) is 9.90 Å². The van der Waals surface area contributed by atoms with Crippen molar-refractivity contribution in [3.63, 3.8) is 0 Å². The Bertz CT molecular complexity index is 723. The Morgan fingerprint density at radius 2 is 1.81 bits per heavy atom. The van der Waals surface area contributed by atoms with E-state index in [-0.39, 0.29) is 23.4 Å². The van der Waals surface area contributed by atoms with Crippen LogP contribution in [0.1, 0.15) is 98.3 Å². The Balaban J connectivity index is 1.40. The van der Waals surface area contributed by atoms with Gasteiger partial charge in [-0.1, -0.05) is 34.1 Å². The summed E-state index contributed by atoms with van der Waals surface area (Å²) in [7, 11) is 0. The van der Waals surface area contributed by atoms with Crippen LogP contribution in [0.3, 0.4) is 0 Å². The molecular weight excluding hydrogens is 386 g/mol. The highest BCUT2D eigenvalue weighted by Gasteiger charge is 2.71. The van der Waals surface area contributed by atoms with E-state index in [2.05, 4.69) is 27.7 Å². The van der Waals surface area contributed by atoms with Crippen LogP contribution in [0.2, 0.25) is 0 Å². The first-order valence-electron chi connectivity index (χ1n) is 13.3. The van der Waals surface area contributed by atoms with Crippen molar-refractivity contribution in [2.45, 2.75) is 116 Å². The number of carbonyl (C=O) groups is 1. The third-order valence-electron chi connectivity index (χ3n) is 11.2. The fourth-order valence-electron chi connectivity index (χ4n) is 9.65. The van der Waals surface area contributed by atoms with Crippen LogP contribution in [0.25, 0.3) is 0 Å². The van der Waals surface area contributed by atoms with Crippen LogP contribution in [-0.2, 0) is 9.53 Å². The van der Waals surface area contributed by atoms with Gasteiger partial charge in [-0.15, -0.1) is 0 Å². The number of rotatable bonds is 4. The number of ether oxygens (including phenoxy) is 1. The van der Waals surface area contributed by atoms with Gasteiger partial charge in [0.05, 0.1) is 0 Å². The van der Waals surface area contributed by atoms with Gasteiger partial charge in [0, 0.05) is 12.0 Å². The van der Waals surface area contributed by atoms with Crippen LogP contribution in [0.4, 0.5) is 0 Å². The van der Waals surface area contributed by atoms with Gasteiger partial charge in [0.25, 0.3) is 0 Å². The number of fused-ring (bicyclic) bond motifs is 7. The second kappa shape index (κ2) is 7.45. The Hall–Kier alpha value is -0.610. The molecule has 0 aromatic carbocycles. The fourth-order valence-corrected chi connectivity index (χ4v) is 9.65. The zero-order valence-electron chi connectivity index (χ0n) is 20.2. The van der Waals surface area contributed by atoms with Gasteiger partial charge in [-0.05, 0) is 105 Å². The van der Waals surface area contributed by atoms with Crippen molar-refractivity contribution in [1.82, 2.24) is 0 Å². The smallest absolute Gasteiger partial charge is 0.338 e. The van der Waals surface area contributed by atoms with Gasteiger partial charge < -0.3 is 15.6 Å². The quantitative estimate of drug-likeness (QED) is 0.610. The van der Waals surface area contributed by atoms with Crippen molar-refractivity contribution >= 4 is 5.97 Å². The molecule has 5 fully saturated rings. The summed E-state index contributed by atoms with van der Waals surface area (Å²) >= 11 is 0. The summed E-state index contributed by atoms with van der Waals surface area (Å²) in [5.74, 6) is 3.12. The minimum atomic E-state index is -1.27. The third-order valence-corrected chi connectivity index (χ3v) is 11.2. The summed E-state index contributed by atoms with van der Waals surface area (Å²) in [6.07, 6.45) is 12.1. The molecule has 0 radical (unpaired) electrons. The number of nitrogens with two attached hydrogens (primary N) is 1. The lowest BCUT2D eigenvalue weighted by Gasteiger charge is -2.61. The highest BCUT2D eigenvalue weighted by molar-refractivity contribution is 5.82. The van der Waals surface area contributed by atoms with Crippen molar-refractivity contribution in [2.24, 2.45) is 52.1 Å². The first-order valence-corrected chi connectivity index (χ1v) is 13.3. The highest BCUT2D eigenvalue weighted by Crippen LogP contribution is 2.70. The zero-order valence-corrected chi connectivity index (χ0v) is 20.2. The molecular formula is C27H45NO3. The molecule has 4 aliphatic carbocycles. The Kier molecular flexibility index (Phi) is 5.33. The molecule has 1 saturated heterocycles. The molecule has 5 aliphatic rings. The summed E-state index contributed by atoms with van der Waals surface area (Å²) in [6.45, 7) is 9.40. The van der Waals surface area contributed by atoms with Gasteiger partial charge in [0.1, 0.15) is 6.10 Å². The molecule has 0 aromatic heterocycles. The predicted octanol–water partition coefficient (Wildman–Crippen LogP) is 5.07. The second-order valence-electron chi connectivity index (χ2n) is 13.1. The first kappa shape index (κ1) is 22.2. The average Bonchev–Trinajstić information content (AvgIpc) is 3.13. The number of aliphatic hydroxyl groups is 1. The third kappa shape index (κ3) is 3.17. The lowest BCUT2D eigenvalue weighted by atomic mass is 9.44. The van der Waals surface area contributed by atoms with Crippen molar-refractivity contribution < 1.29 is 14.6 Å². The Morgan fingerprint density at radius 1 is 1.06 bits per heavy atom. The summed E-state index contributed by atoms with van der Waals surface area (Å²) in [5.41, 5.74) is 5.55. The maximum Gasteiger partial charge on any atom is 0.338 e. The molecule has 4 heteroatoms. The highest BCUT2D eigenvalue weighted by atomic mass is 16.6. The van der Waals surface area contributed by atoms with E-state index in [0.717, 1.165) is 43.4 Å². The van der Waals surface area contributed by atoms with E-state index in [1.54, 1.807) is 0 Å². The first-order chi connectivity index (χ1) is 14.6. The minimum Gasteiger partial charge on any atom is -0.460 e. The van der Waals surface area contributed by atoms with Gasteiger partial charge in [-0.25, -0.2) is 4.79 Å². The maximum atomic E-state index is 12.9. The lowest BCUT2D eigenvalue weighted by molar-refractivity contribution is -0.166. The minimum absolute atomic E-state index is 0.0177. The standard InChI is InChI=1S/C27H45NO3/c1-16(2)6-5-11-27(30)23-22(31-24(27)29)15-21-19-8-7-17-14-18(28)9-12-25(17,3)20(19)10-13-26(21,23)4/h16-23,30H,5-15,28H2,1-4H3/t17-,18-,19+,20-,21-,22-,23-,25-,26-,27-/m0/s1. The number of hydrogen-bond donors (Lipinski definition) is 2. The zero-order chi connectivity index (χ0) is 22.2. The van der Waals surface area contributed by atoms with Crippen LogP contribution in [0, 0.1) is 46.3 Å². The van der Waals surface area contributed by atoms with Crippen molar-refractivity contribution in [2.75, 3.05) is 0 Å². The summed E-state index contributed by atoms with van der Waals surface area (Å²) < 4.78 is 5.94. The largest absolute Gasteiger partial charge is 0.460 e. The lowest BCUT2D eigenvalue weighted by Crippen LogP contribution is -2.57. The van der Waals surface area contributed by atoms with E-state index < -0.39 is 5.60 Å². The molecule has 4 saturated carbocycles. The van der Waals surface area contributed by atoms with Crippen LogP contribution < -0.4 is 5.73 Å². The normalized spacial score (nSPS) is 53.5. The molecule has 4 nitrogen and oxygen atoms in total. The molecule has 3 N–H and O–H groups in total. The van der Waals surface area contributed by atoms with Crippen LogP contribution >= 0.6 is 0 Å². The van der Waals surface area contributed by atoms with E-state index in [1.807, 2.05) is 0 Å². The second-order valence-corrected chi connectivity index (χ2v) is 13.1. The van der Waals surface area contributed by atoms with Gasteiger partial charge in [-0.3, -0.25) is 0 Å². The molecule has 0 bridgehead atoms. The molecule has 5 rings (SSSR count). The van der Waals surface area contributed by atoms with E-state index >= 15 is 0 Å². The number of esters is 1. The monoisotopic (exact) mass is 431 g/mol. The van der Waals surface area contributed by atoms with Gasteiger partial charge >= 0.3 is 5.97 Å². The summed E-state index contributed by atoms with van der Waals surface area (Å²) in [6, 6.07) is 0.398. The van der Waals surface area contributed by atoms with E-state index in [0.29, 0.717) is 29.7 Å². The SMILES string of the molecule is CC(C)CCC[C@@]1(O)C(=O)O[C@H]2C[C@H]3[C@@H]4CC[C@H]5C[C@@H](N)CC[C@]5(C)[C@H]4CC[C@]3(C)[C@H]21. The van der Waals surface area contributed by atoms with E-state index in [1.165, 1.54) is 38.5 Å². The summed E-state index contributed by atoms with van der Waals surface area (Å²) in [5, 5.41) is 11.7. The molecule has 0 spiro atoms. The van der Waals surface area contributed by atoms with Crippen LogP contribution in [0.15, 0.2) is 0 Å². The predicted molar refractivity (Wildman–Crippen MR) is 122 cm³/mol. The van der Waals surface area contributed by atoms with Crippen molar-refractivity contribution in [1.29, 1.82) is 0 Å². The Morgan fingerprint density at radius 3 is 2.55 bits per heavy atom. The molecule has 176 valence electrons. The number of carbonyl (C=O) groups excluding carboxylic acids is 1. The van der Waals surface area contributed by atoms with E-state index in [4.69, 9.17) is 10.5 Å². The Labute approximate surface area is 189 Å². The van der Waals surface area contributed by atoms with Crippen molar-refractivity contribution in [3.8, 4) is 0 Å².